The molecule has 0 radical (unpaired) electrons. The van der Waals surface area contributed by atoms with Crippen LogP contribution in [0.1, 0.15) is 37.2 Å². The number of nitrogens with one attached hydrogen (secondary N) is 1. The van der Waals surface area contributed by atoms with E-state index in [1.165, 1.54) is 6.26 Å². The van der Waals surface area contributed by atoms with E-state index in [2.05, 4.69) is 5.32 Å². The number of carbonyl (C=O) groups excluding carboxylic acids is 1. The van der Waals surface area contributed by atoms with Crippen molar-refractivity contribution in [2.45, 2.75) is 32.2 Å². The van der Waals surface area contributed by atoms with Crippen molar-refractivity contribution >= 4 is 5.91 Å². The molecule has 0 atom stereocenters. The first kappa shape index (κ1) is 11.8. The first-order valence-electron chi connectivity index (χ1n) is 5.23. The van der Waals surface area contributed by atoms with E-state index < -0.39 is 0 Å². The number of nitrogens with two attached hydrogens (primary N) is 1. The van der Waals surface area contributed by atoms with Crippen LogP contribution in [0.25, 0.3) is 0 Å². The Balaban J connectivity index is 2.71. The van der Waals surface area contributed by atoms with Gasteiger partial charge in [0, 0.05) is 6.54 Å². The van der Waals surface area contributed by atoms with Crippen LogP contribution in [0.5, 0.6) is 0 Å². The number of rotatable bonds is 5. The molecule has 0 spiro atoms. The molecule has 0 unspecified atom stereocenters. The van der Waals surface area contributed by atoms with E-state index in [0.29, 0.717) is 12.3 Å². The number of carbonyl (C=O) groups is 1. The zero-order chi connectivity index (χ0) is 11.3. The van der Waals surface area contributed by atoms with Crippen molar-refractivity contribution in [1.82, 2.24) is 5.32 Å². The largest absolute Gasteiger partial charge is 0.459 e. The maximum absolute atomic E-state index is 11.7. The highest BCUT2D eigenvalue weighted by atomic mass is 16.3. The van der Waals surface area contributed by atoms with Crippen LogP contribution in [-0.4, -0.2) is 18.0 Å². The Bertz CT molecular complexity index is 294. The highest BCUT2D eigenvalue weighted by Gasteiger charge is 2.27. The van der Waals surface area contributed by atoms with Crippen molar-refractivity contribution in [2.24, 2.45) is 5.73 Å². The van der Waals surface area contributed by atoms with E-state index in [1.54, 1.807) is 12.1 Å². The second-order valence-corrected chi connectivity index (χ2v) is 3.62. The van der Waals surface area contributed by atoms with Crippen LogP contribution in [0.3, 0.4) is 0 Å². The number of hydrogen-bond donors (Lipinski definition) is 2. The molecule has 0 bridgehead atoms. The van der Waals surface area contributed by atoms with Crippen LogP contribution < -0.4 is 11.1 Å². The van der Waals surface area contributed by atoms with Gasteiger partial charge in [-0.05, 0) is 25.0 Å². The van der Waals surface area contributed by atoms with Gasteiger partial charge in [-0.1, -0.05) is 13.8 Å². The van der Waals surface area contributed by atoms with Gasteiger partial charge in [-0.15, -0.1) is 0 Å². The van der Waals surface area contributed by atoms with Gasteiger partial charge >= 0.3 is 0 Å². The molecule has 1 rings (SSSR count). The second kappa shape index (κ2) is 4.98. The summed E-state index contributed by atoms with van der Waals surface area (Å²) in [5, 5.41) is 2.92. The molecule has 15 heavy (non-hydrogen) atoms. The van der Waals surface area contributed by atoms with E-state index in [1.807, 2.05) is 13.8 Å². The quantitative estimate of drug-likeness (QED) is 0.774. The predicted octanol–water partition coefficient (Wildman–Crippen LogP) is 1.53. The lowest BCUT2D eigenvalue weighted by molar-refractivity contribution is 0.0866. The van der Waals surface area contributed by atoms with Crippen molar-refractivity contribution in [3.05, 3.63) is 24.2 Å². The molecule has 4 heteroatoms. The van der Waals surface area contributed by atoms with Crippen molar-refractivity contribution in [1.29, 1.82) is 0 Å². The first-order valence-corrected chi connectivity index (χ1v) is 5.23. The first-order chi connectivity index (χ1) is 7.17. The molecular formula is C11H18N2O2. The average Bonchev–Trinajstić information content (AvgIpc) is 2.79. The standard InChI is InChI=1S/C11H18N2O2/c1-3-11(4-2,8-12)13-10(14)9-6-5-7-15-9/h5-7H,3-4,8,12H2,1-2H3,(H,13,14). The molecule has 1 aromatic heterocycles. The lowest BCUT2D eigenvalue weighted by Crippen LogP contribution is -2.52. The highest BCUT2D eigenvalue weighted by Crippen LogP contribution is 2.14. The summed E-state index contributed by atoms with van der Waals surface area (Å²) in [7, 11) is 0. The lowest BCUT2D eigenvalue weighted by atomic mass is 9.93. The Morgan fingerprint density at radius 3 is 2.60 bits per heavy atom. The minimum absolute atomic E-state index is 0.200. The topological polar surface area (TPSA) is 68.3 Å². The molecule has 0 aliphatic rings. The fourth-order valence-electron chi connectivity index (χ4n) is 1.48. The van der Waals surface area contributed by atoms with E-state index in [0.717, 1.165) is 12.8 Å². The minimum atomic E-state index is -0.316. The Kier molecular flexibility index (Phi) is 3.91. The maximum Gasteiger partial charge on any atom is 0.287 e. The molecule has 1 heterocycles. The van der Waals surface area contributed by atoms with E-state index >= 15 is 0 Å². The predicted molar refractivity (Wildman–Crippen MR) is 58.5 cm³/mol. The zero-order valence-electron chi connectivity index (χ0n) is 9.25. The molecule has 4 nitrogen and oxygen atoms in total. The van der Waals surface area contributed by atoms with Crippen LogP contribution in [-0.2, 0) is 0 Å². The van der Waals surface area contributed by atoms with Crippen molar-refractivity contribution < 1.29 is 9.21 Å². The second-order valence-electron chi connectivity index (χ2n) is 3.62. The summed E-state index contributed by atoms with van der Waals surface area (Å²) in [6, 6.07) is 3.33. The monoisotopic (exact) mass is 210 g/mol. The fourth-order valence-corrected chi connectivity index (χ4v) is 1.48. The Morgan fingerprint density at radius 2 is 2.20 bits per heavy atom. The van der Waals surface area contributed by atoms with Crippen molar-refractivity contribution in [3.8, 4) is 0 Å². The van der Waals surface area contributed by atoms with Gasteiger partial charge in [0.15, 0.2) is 5.76 Å². The Morgan fingerprint density at radius 1 is 1.53 bits per heavy atom. The third-order valence-electron chi connectivity index (χ3n) is 2.87. The van der Waals surface area contributed by atoms with E-state index in [-0.39, 0.29) is 11.4 Å². The molecule has 84 valence electrons. The molecule has 1 amide bonds. The van der Waals surface area contributed by atoms with Gasteiger partial charge in [-0.3, -0.25) is 4.79 Å². The summed E-state index contributed by atoms with van der Waals surface area (Å²) in [5.41, 5.74) is 5.37. The van der Waals surface area contributed by atoms with Gasteiger partial charge in [-0.25, -0.2) is 0 Å². The van der Waals surface area contributed by atoms with Gasteiger partial charge in [0.05, 0.1) is 11.8 Å². The summed E-state index contributed by atoms with van der Waals surface area (Å²) >= 11 is 0. The summed E-state index contributed by atoms with van der Waals surface area (Å²) in [6.07, 6.45) is 3.11. The molecule has 0 aliphatic heterocycles. The molecule has 1 aromatic rings. The van der Waals surface area contributed by atoms with Crippen molar-refractivity contribution in [2.75, 3.05) is 6.54 Å². The van der Waals surface area contributed by atoms with Crippen LogP contribution in [0.15, 0.2) is 22.8 Å². The van der Waals surface area contributed by atoms with Gasteiger partial charge in [-0.2, -0.15) is 0 Å². The van der Waals surface area contributed by atoms with Gasteiger partial charge in [0.1, 0.15) is 0 Å². The number of furan rings is 1. The fraction of sp³-hybridized carbons (Fsp3) is 0.545. The van der Waals surface area contributed by atoms with Crippen molar-refractivity contribution in [3.63, 3.8) is 0 Å². The Labute approximate surface area is 89.8 Å². The average molecular weight is 210 g/mol. The molecular weight excluding hydrogens is 192 g/mol. The molecule has 0 fully saturated rings. The number of hydrogen-bond acceptors (Lipinski definition) is 3. The van der Waals surface area contributed by atoms with Crippen LogP contribution in [0.2, 0.25) is 0 Å². The van der Waals surface area contributed by atoms with Crippen LogP contribution in [0.4, 0.5) is 0 Å². The third kappa shape index (κ3) is 2.59. The summed E-state index contributed by atoms with van der Waals surface area (Å²) in [6.45, 7) is 4.46. The zero-order valence-corrected chi connectivity index (χ0v) is 9.25. The smallest absolute Gasteiger partial charge is 0.287 e. The van der Waals surface area contributed by atoms with Gasteiger partial charge < -0.3 is 15.5 Å². The van der Waals surface area contributed by atoms with Gasteiger partial charge in [0.2, 0.25) is 0 Å². The Hall–Kier alpha value is -1.29. The summed E-state index contributed by atoms with van der Waals surface area (Å²) in [5.74, 6) is 0.129. The summed E-state index contributed by atoms with van der Waals surface area (Å²) in [4.78, 5) is 11.7. The lowest BCUT2D eigenvalue weighted by Gasteiger charge is -2.30. The van der Waals surface area contributed by atoms with Crippen LogP contribution >= 0.6 is 0 Å². The molecule has 0 aromatic carbocycles. The minimum Gasteiger partial charge on any atom is -0.459 e. The third-order valence-corrected chi connectivity index (χ3v) is 2.87. The molecule has 0 saturated carbocycles. The molecule has 3 N–H and O–H groups in total. The number of amides is 1. The highest BCUT2D eigenvalue weighted by molar-refractivity contribution is 5.91. The maximum atomic E-state index is 11.7. The molecule has 0 saturated heterocycles. The normalized spacial score (nSPS) is 11.4. The SMILES string of the molecule is CCC(CC)(CN)NC(=O)c1ccco1. The van der Waals surface area contributed by atoms with Gasteiger partial charge in [0.25, 0.3) is 5.91 Å². The summed E-state index contributed by atoms with van der Waals surface area (Å²) < 4.78 is 5.02. The van der Waals surface area contributed by atoms with Crippen LogP contribution in [0, 0.1) is 0 Å². The van der Waals surface area contributed by atoms with E-state index in [9.17, 15) is 4.79 Å². The molecule has 0 aliphatic carbocycles. The van der Waals surface area contributed by atoms with E-state index in [4.69, 9.17) is 10.2 Å².